The van der Waals surface area contributed by atoms with Crippen LogP contribution in [-0.4, -0.2) is 23.9 Å². The fourth-order valence-corrected chi connectivity index (χ4v) is 3.39. The van der Waals surface area contributed by atoms with Crippen molar-refractivity contribution in [3.63, 3.8) is 0 Å². The summed E-state index contributed by atoms with van der Waals surface area (Å²) < 4.78 is 0. The summed E-state index contributed by atoms with van der Waals surface area (Å²) in [6.45, 7) is 7.14. The third-order valence-corrected chi connectivity index (χ3v) is 4.82. The molecule has 1 fully saturated rings. The summed E-state index contributed by atoms with van der Waals surface area (Å²) in [5, 5.41) is 3.05. The van der Waals surface area contributed by atoms with Gasteiger partial charge in [0.25, 0.3) is 0 Å². The molecule has 1 atom stereocenters. The SMILES string of the molecule is Cc1ccc(C)c(CN2CCC[C@H](C(=O)Nc3ccccc3)C2)c1. The van der Waals surface area contributed by atoms with Crippen molar-refractivity contribution in [2.45, 2.75) is 33.2 Å². The van der Waals surface area contributed by atoms with Gasteiger partial charge >= 0.3 is 0 Å². The zero-order valence-corrected chi connectivity index (χ0v) is 14.6. The topological polar surface area (TPSA) is 32.3 Å². The van der Waals surface area contributed by atoms with Crippen molar-refractivity contribution >= 4 is 11.6 Å². The number of piperidine rings is 1. The molecule has 2 aromatic carbocycles. The van der Waals surface area contributed by atoms with E-state index in [-0.39, 0.29) is 11.8 Å². The number of carbonyl (C=O) groups is 1. The highest BCUT2D eigenvalue weighted by molar-refractivity contribution is 5.92. The van der Waals surface area contributed by atoms with Crippen LogP contribution in [0.4, 0.5) is 5.69 Å². The minimum Gasteiger partial charge on any atom is -0.326 e. The normalized spacial score (nSPS) is 18.3. The summed E-state index contributed by atoms with van der Waals surface area (Å²) >= 11 is 0. The van der Waals surface area contributed by atoms with Crippen molar-refractivity contribution in [2.75, 3.05) is 18.4 Å². The van der Waals surface area contributed by atoms with Gasteiger partial charge in [-0.3, -0.25) is 9.69 Å². The molecule has 126 valence electrons. The molecule has 2 aromatic rings. The average Bonchev–Trinajstić information content (AvgIpc) is 2.59. The van der Waals surface area contributed by atoms with Gasteiger partial charge < -0.3 is 5.32 Å². The second-order valence-electron chi connectivity index (χ2n) is 6.86. The van der Waals surface area contributed by atoms with E-state index in [9.17, 15) is 4.79 Å². The first kappa shape index (κ1) is 16.7. The van der Waals surface area contributed by atoms with Gasteiger partial charge in [-0.25, -0.2) is 0 Å². The molecule has 24 heavy (non-hydrogen) atoms. The first-order chi connectivity index (χ1) is 11.6. The van der Waals surface area contributed by atoms with Crippen LogP contribution in [0.25, 0.3) is 0 Å². The van der Waals surface area contributed by atoms with Crippen molar-refractivity contribution in [3.8, 4) is 0 Å². The molecule has 0 spiro atoms. The molecule has 0 unspecified atom stereocenters. The Morgan fingerprint density at radius 2 is 1.96 bits per heavy atom. The summed E-state index contributed by atoms with van der Waals surface area (Å²) in [6.07, 6.45) is 2.06. The molecule has 1 aliphatic rings. The Morgan fingerprint density at radius 1 is 1.17 bits per heavy atom. The molecule has 0 bridgehead atoms. The van der Waals surface area contributed by atoms with Crippen LogP contribution in [0.3, 0.4) is 0 Å². The average molecular weight is 322 g/mol. The maximum atomic E-state index is 12.5. The smallest absolute Gasteiger partial charge is 0.228 e. The number of hydrogen-bond acceptors (Lipinski definition) is 2. The van der Waals surface area contributed by atoms with E-state index in [1.807, 2.05) is 30.3 Å². The molecule has 0 saturated carbocycles. The summed E-state index contributed by atoms with van der Waals surface area (Å²) in [4.78, 5) is 15.0. The summed E-state index contributed by atoms with van der Waals surface area (Å²) in [6, 6.07) is 16.3. The van der Waals surface area contributed by atoms with E-state index in [4.69, 9.17) is 0 Å². The minimum absolute atomic E-state index is 0.0732. The molecule has 3 heteroatoms. The lowest BCUT2D eigenvalue weighted by Crippen LogP contribution is -2.40. The molecule has 0 aromatic heterocycles. The number of amides is 1. The molecule has 1 heterocycles. The molecule has 1 saturated heterocycles. The van der Waals surface area contributed by atoms with Crippen molar-refractivity contribution in [2.24, 2.45) is 5.92 Å². The molecule has 0 radical (unpaired) electrons. The number of likely N-dealkylation sites (tertiary alicyclic amines) is 1. The van der Waals surface area contributed by atoms with Crippen LogP contribution in [0.15, 0.2) is 48.5 Å². The van der Waals surface area contributed by atoms with Crippen molar-refractivity contribution in [1.29, 1.82) is 0 Å². The fourth-order valence-electron chi connectivity index (χ4n) is 3.39. The van der Waals surface area contributed by atoms with Crippen LogP contribution in [0.5, 0.6) is 0 Å². The third kappa shape index (κ3) is 4.24. The van der Waals surface area contributed by atoms with Crippen LogP contribution >= 0.6 is 0 Å². The zero-order valence-electron chi connectivity index (χ0n) is 14.6. The number of anilines is 1. The van der Waals surface area contributed by atoms with E-state index in [2.05, 4.69) is 42.3 Å². The van der Waals surface area contributed by atoms with Gasteiger partial charge in [-0.2, -0.15) is 0 Å². The largest absolute Gasteiger partial charge is 0.326 e. The molecule has 1 N–H and O–H groups in total. The van der Waals surface area contributed by atoms with Crippen molar-refractivity contribution in [3.05, 3.63) is 65.2 Å². The fraction of sp³-hybridized carbons (Fsp3) is 0.381. The van der Waals surface area contributed by atoms with E-state index in [0.717, 1.165) is 38.2 Å². The Labute approximate surface area is 144 Å². The monoisotopic (exact) mass is 322 g/mol. The van der Waals surface area contributed by atoms with E-state index in [1.54, 1.807) is 0 Å². The Hall–Kier alpha value is -2.13. The molecule has 3 nitrogen and oxygen atoms in total. The Bertz CT molecular complexity index is 696. The van der Waals surface area contributed by atoms with E-state index in [0.29, 0.717) is 0 Å². The van der Waals surface area contributed by atoms with E-state index < -0.39 is 0 Å². The number of nitrogens with zero attached hydrogens (tertiary/aromatic N) is 1. The number of hydrogen-bond donors (Lipinski definition) is 1. The standard InChI is InChI=1S/C21H26N2O/c1-16-10-11-17(2)19(13-16)15-23-12-6-7-18(14-23)21(24)22-20-8-4-3-5-9-20/h3-5,8-11,13,18H,6-7,12,14-15H2,1-2H3,(H,22,24)/t18-/m0/s1. The highest BCUT2D eigenvalue weighted by Crippen LogP contribution is 2.22. The van der Waals surface area contributed by atoms with Crippen LogP contribution in [-0.2, 0) is 11.3 Å². The third-order valence-electron chi connectivity index (χ3n) is 4.82. The second-order valence-corrected chi connectivity index (χ2v) is 6.86. The van der Waals surface area contributed by atoms with Crippen molar-refractivity contribution < 1.29 is 4.79 Å². The predicted octanol–water partition coefficient (Wildman–Crippen LogP) is 4.15. The molecule has 1 amide bonds. The maximum absolute atomic E-state index is 12.5. The summed E-state index contributed by atoms with van der Waals surface area (Å²) in [5.41, 5.74) is 4.88. The summed E-state index contributed by atoms with van der Waals surface area (Å²) in [5.74, 6) is 0.218. The second kappa shape index (κ2) is 7.63. The Kier molecular flexibility index (Phi) is 5.31. The van der Waals surface area contributed by atoms with Gasteiger partial charge in [-0.1, -0.05) is 42.0 Å². The Morgan fingerprint density at radius 3 is 2.75 bits per heavy atom. The van der Waals surface area contributed by atoms with Crippen LogP contribution < -0.4 is 5.32 Å². The van der Waals surface area contributed by atoms with Crippen LogP contribution in [0.1, 0.15) is 29.5 Å². The van der Waals surface area contributed by atoms with Gasteiger partial charge in [0.2, 0.25) is 5.91 Å². The van der Waals surface area contributed by atoms with Gasteiger partial charge in [0.1, 0.15) is 0 Å². The number of para-hydroxylation sites is 1. The first-order valence-corrected chi connectivity index (χ1v) is 8.76. The van der Waals surface area contributed by atoms with Gasteiger partial charge in [0.05, 0.1) is 5.92 Å². The molecule has 1 aliphatic heterocycles. The van der Waals surface area contributed by atoms with Crippen LogP contribution in [0, 0.1) is 19.8 Å². The highest BCUT2D eigenvalue weighted by Gasteiger charge is 2.26. The molecular formula is C21H26N2O. The first-order valence-electron chi connectivity index (χ1n) is 8.76. The Balaban J connectivity index is 1.61. The quantitative estimate of drug-likeness (QED) is 0.917. The number of rotatable bonds is 4. The predicted molar refractivity (Wildman–Crippen MR) is 99.0 cm³/mol. The lowest BCUT2D eigenvalue weighted by atomic mass is 9.96. The maximum Gasteiger partial charge on any atom is 0.228 e. The number of benzene rings is 2. The molecule has 0 aliphatic carbocycles. The zero-order chi connectivity index (χ0) is 16.9. The van der Waals surface area contributed by atoms with Gasteiger partial charge in [-0.15, -0.1) is 0 Å². The number of aryl methyl sites for hydroxylation is 2. The minimum atomic E-state index is 0.0732. The molecular weight excluding hydrogens is 296 g/mol. The summed E-state index contributed by atoms with van der Waals surface area (Å²) in [7, 11) is 0. The van der Waals surface area contributed by atoms with Gasteiger partial charge in [-0.05, 0) is 56.5 Å². The van der Waals surface area contributed by atoms with Crippen molar-refractivity contribution in [1.82, 2.24) is 4.90 Å². The van der Waals surface area contributed by atoms with E-state index in [1.165, 1.54) is 16.7 Å². The lowest BCUT2D eigenvalue weighted by molar-refractivity contribution is -0.121. The highest BCUT2D eigenvalue weighted by atomic mass is 16.1. The van der Waals surface area contributed by atoms with Gasteiger partial charge in [0.15, 0.2) is 0 Å². The van der Waals surface area contributed by atoms with Crippen LogP contribution in [0.2, 0.25) is 0 Å². The van der Waals surface area contributed by atoms with E-state index >= 15 is 0 Å². The number of nitrogens with one attached hydrogen (secondary N) is 1. The van der Waals surface area contributed by atoms with Gasteiger partial charge in [0, 0.05) is 18.8 Å². The molecule has 3 rings (SSSR count). The number of carbonyl (C=O) groups excluding carboxylic acids is 1. The lowest BCUT2D eigenvalue weighted by Gasteiger charge is -2.32.